The number of rotatable bonds is 2. The van der Waals surface area contributed by atoms with Crippen LogP contribution in [0.15, 0.2) is 11.8 Å². The van der Waals surface area contributed by atoms with Gasteiger partial charge in [0.1, 0.15) is 5.60 Å². The lowest BCUT2D eigenvalue weighted by Crippen LogP contribution is -2.43. The van der Waals surface area contributed by atoms with E-state index in [1.807, 2.05) is 0 Å². The minimum Gasteiger partial charge on any atom is -0.466 e. The summed E-state index contributed by atoms with van der Waals surface area (Å²) in [6.45, 7) is 0.611. The van der Waals surface area contributed by atoms with Crippen LogP contribution in [0.2, 0.25) is 0 Å². The highest BCUT2D eigenvalue weighted by molar-refractivity contribution is 5.89. The summed E-state index contributed by atoms with van der Waals surface area (Å²) >= 11 is 0. The first-order chi connectivity index (χ1) is 9.61. The largest absolute Gasteiger partial charge is 0.466 e. The zero-order valence-corrected chi connectivity index (χ0v) is 11.4. The Morgan fingerprint density at radius 3 is 2.85 bits per heavy atom. The highest BCUT2D eigenvalue weighted by Gasteiger charge is 2.65. The molecule has 110 valence electrons. The van der Waals surface area contributed by atoms with E-state index >= 15 is 0 Å². The van der Waals surface area contributed by atoms with E-state index in [9.17, 15) is 9.59 Å². The monoisotopic (exact) mass is 283 g/mol. The summed E-state index contributed by atoms with van der Waals surface area (Å²) < 4.78 is 21.0. The van der Waals surface area contributed by atoms with Crippen molar-refractivity contribution in [1.29, 1.82) is 0 Å². The molecule has 1 N–H and O–H groups in total. The van der Waals surface area contributed by atoms with Gasteiger partial charge < -0.3 is 24.3 Å². The molecular formula is C13H17NO6. The maximum Gasteiger partial charge on any atom is 0.409 e. The van der Waals surface area contributed by atoms with Crippen LogP contribution >= 0.6 is 0 Å². The molecule has 2 aliphatic heterocycles. The Hall–Kier alpha value is -1.76. The molecule has 3 rings (SSSR count). The third-order valence-corrected chi connectivity index (χ3v) is 4.30. The molecule has 1 spiro atoms. The van der Waals surface area contributed by atoms with E-state index in [-0.39, 0.29) is 17.4 Å². The second kappa shape index (κ2) is 4.66. The van der Waals surface area contributed by atoms with Gasteiger partial charge in [0.2, 0.25) is 0 Å². The number of fused-ring (bicyclic) bond motifs is 2. The van der Waals surface area contributed by atoms with E-state index in [1.165, 1.54) is 20.4 Å². The number of carbonyl (C=O) groups excluding carboxylic acids is 2. The van der Waals surface area contributed by atoms with E-state index in [4.69, 9.17) is 18.9 Å². The summed E-state index contributed by atoms with van der Waals surface area (Å²) in [5, 5.41) is 2.39. The van der Waals surface area contributed by atoms with Crippen LogP contribution in [0, 0.1) is 11.8 Å². The van der Waals surface area contributed by atoms with Gasteiger partial charge in [0, 0.05) is 13.0 Å². The first-order valence-corrected chi connectivity index (χ1v) is 6.57. The fourth-order valence-corrected chi connectivity index (χ4v) is 3.22. The zero-order valence-electron chi connectivity index (χ0n) is 11.4. The van der Waals surface area contributed by atoms with Crippen molar-refractivity contribution in [3.05, 3.63) is 11.8 Å². The highest BCUT2D eigenvalue weighted by atomic mass is 16.7. The number of hydrogen-bond donors (Lipinski definition) is 1. The predicted molar refractivity (Wildman–Crippen MR) is 65.4 cm³/mol. The second-order valence-electron chi connectivity index (χ2n) is 5.25. The van der Waals surface area contributed by atoms with Gasteiger partial charge in [0.15, 0.2) is 0 Å². The summed E-state index contributed by atoms with van der Waals surface area (Å²) in [5.41, 5.74) is 0.165. The van der Waals surface area contributed by atoms with E-state index in [2.05, 4.69) is 5.32 Å². The van der Waals surface area contributed by atoms with Crippen LogP contribution in [0.1, 0.15) is 12.8 Å². The van der Waals surface area contributed by atoms with Crippen molar-refractivity contribution < 1.29 is 28.5 Å². The number of alkyl carbamates (subject to hydrolysis) is 1. The van der Waals surface area contributed by atoms with Gasteiger partial charge in [-0.25, -0.2) is 9.59 Å². The van der Waals surface area contributed by atoms with Crippen molar-refractivity contribution in [3.8, 4) is 0 Å². The Labute approximate surface area is 116 Å². The molecule has 1 amide bonds. The number of methoxy groups -OCH3 is 1. The minimum atomic E-state index is -0.738. The second-order valence-corrected chi connectivity index (χ2v) is 5.25. The molecule has 4 atom stereocenters. The Kier molecular flexibility index (Phi) is 3.08. The van der Waals surface area contributed by atoms with Crippen molar-refractivity contribution in [1.82, 2.24) is 5.32 Å². The van der Waals surface area contributed by atoms with Crippen molar-refractivity contribution in [2.45, 2.75) is 24.7 Å². The average molecular weight is 283 g/mol. The standard InChI is InChI=1S/C13H17NO6/c1-14-12(16)20-11-9-7(3-4-13(9)6-19-13)8(5-18-11)10(15)17-2/h5,7,9,11H,3-4,6H2,1-2H3,(H,14,16)/t7-,9+,11+,13-/m1/s1. The molecule has 0 aromatic heterocycles. The van der Waals surface area contributed by atoms with E-state index in [0.29, 0.717) is 12.2 Å². The number of carbonyl (C=O) groups is 2. The highest BCUT2D eigenvalue weighted by Crippen LogP contribution is 2.56. The van der Waals surface area contributed by atoms with Crippen LogP contribution in [0.25, 0.3) is 0 Å². The van der Waals surface area contributed by atoms with Gasteiger partial charge in [-0.1, -0.05) is 0 Å². The van der Waals surface area contributed by atoms with Crippen LogP contribution in [-0.2, 0) is 23.7 Å². The molecule has 1 aliphatic carbocycles. The Balaban J connectivity index is 1.86. The van der Waals surface area contributed by atoms with E-state index in [0.717, 1.165) is 12.8 Å². The summed E-state index contributed by atoms with van der Waals surface area (Å²) in [6.07, 6.45) is 1.67. The molecular weight excluding hydrogens is 266 g/mol. The Morgan fingerprint density at radius 1 is 1.50 bits per heavy atom. The first kappa shape index (κ1) is 13.2. The van der Waals surface area contributed by atoms with Crippen LogP contribution in [-0.4, -0.2) is 44.7 Å². The number of hydrogen-bond acceptors (Lipinski definition) is 6. The molecule has 0 radical (unpaired) electrons. The fourth-order valence-electron chi connectivity index (χ4n) is 3.22. The topological polar surface area (TPSA) is 86.4 Å². The third kappa shape index (κ3) is 1.93. The number of nitrogens with one attached hydrogen (secondary N) is 1. The van der Waals surface area contributed by atoms with Crippen molar-refractivity contribution >= 4 is 12.1 Å². The maximum atomic E-state index is 11.8. The molecule has 7 heteroatoms. The minimum absolute atomic E-state index is 0.0617. The quantitative estimate of drug-likeness (QED) is 0.588. The summed E-state index contributed by atoms with van der Waals surface area (Å²) in [4.78, 5) is 23.2. The molecule has 0 bridgehead atoms. The first-order valence-electron chi connectivity index (χ1n) is 6.57. The number of ether oxygens (including phenoxy) is 4. The summed E-state index contributed by atoms with van der Waals surface area (Å²) in [6, 6.07) is 0. The molecule has 2 heterocycles. The predicted octanol–water partition coefficient (Wildman–Crippen LogP) is 0.551. The number of esters is 1. The van der Waals surface area contributed by atoms with Crippen LogP contribution < -0.4 is 5.32 Å². The van der Waals surface area contributed by atoms with Gasteiger partial charge in [-0.3, -0.25) is 0 Å². The van der Waals surface area contributed by atoms with Crippen LogP contribution in [0.4, 0.5) is 4.79 Å². The summed E-state index contributed by atoms with van der Waals surface area (Å²) in [7, 11) is 2.82. The maximum absolute atomic E-state index is 11.8. The number of epoxide rings is 1. The van der Waals surface area contributed by atoms with Crippen molar-refractivity contribution in [3.63, 3.8) is 0 Å². The normalized spacial score (nSPS) is 37.5. The SMILES string of the molecule is CNC(=O)O[C@@H]1OC=C(C(=O)OC)[C@H]2CC[C@@]3(CO3)[C@H]12. The van der Waals surface area contributed by atoms with E-state index in [1.54, 1.807) is 0 Å². The van der Waals surface area contributed by atoms with E-state index < -0.39 is 18.4 Å². The fraction of sp³-hybridized carbons (Fsp3) is 0.692. The zero-order chi connectivity index (χ0) is 14.3. The third-order valence-electron chi connectivity index (χ3n) is 4.30. The molecule has 1 saturated carbocycles. The number of amides is 1. The lowest BCUT2D eigenvalue weighted by atomic mass is 9.83. The van der Waals surface area contributed by atoms with Gasteiger partial charge in [-0.15, -0.1) is 0 Å². The Bertz CT molecular complexity index is 469. The molecule has 0 aromatic rings. The summed E-state index contributed by atoms with van der Waals surface area (Å²) in [5.74, 6) is -0.636. The lowest BCUT2D eigenvalue weighted by molar-refractivity contribution is -0.146. The molecule has 0 aromatic carbocycles. The molecule has 20 heavy (non-hydrogen) atoms. The van der Waals surface area contributed by atoms with Gasteiger partial charge in [0.05, 0.1) is 31.5 Å². The van der Waals surface area contributed by atoms with Gasteiger partial charge >= 0.3 is 12.1 Å². The average Bonchev–Trinajstić information content (AvgIpc) is 3.14. The van der Waals surface area contributed by atoms with Crippen molar-refractivity contribution in [2.75, 3.05) is 20.8 Å². The van der Waals surface area contributed by atoms with Crippen LogP contribution in [0.3, 0.4) is 0 Å². The Morgan fingerprint density at radius 2 is 2.25 bits per heavy atom. The molecule has 1 saturated heterocycles. The molecule has 0 unspecified atom stereocenters. The smallest absolute Gasteiger partial charge is 0.409 e. The van der Waals surface area contributed by atoms with Gasteiger partial charge in [0.25, 0.3) is 6.29 Å². The lowest BCUT2D eigenvalue weighted by Gasteiger charge is -2.34. The van der Waals surface area contributed by atoms with Gasteiger partial charge in [-0.2, -0.15) is 0 Å². The molecule has 2 fully saturated rings. The van der Waals surface area contributed by atoms with Crippen molar-refractivity contribution in [2.24, 2.45) is 11.8 Å². The molecule has 3 aliphatic rings. The van der Waals surface area contributed by atoms with Crippen LogP contribution in [0.5, 0.6) is 0 Å². The molecule has 7 nitrogen and oxygen atoms in total. The van der Waals surface area contributed by atoms with Gasteiger partial charge in [-0.05, 0) is 12.8 Å².